The van der Waals surface area contributed by atoms with Gasteiger partial charge in [-0.05, 0) is 62.8 Å². The van der Waals surface area contributed by atoms with Crippen LogP contribution in [-0.2, 0) is 20.0 Å². The highest BCUT2D eigenvalue weighted by atomic mass is 32.1. The van der Waals surface area contributed by atoms with Gasteiger partial charge in [0.05, 0.1) is 33.3 Å². The fraction of sp³-hybridized carbons (Fsp3) is 0.425. The first-order valence-electron chi connectivity index (χ1n) is 20.0. The maximum absolute atomic E-state index is 17.8. The SMILES string of the molecule is CC(c1cccnc1NC(=O)OCOP(=O)(O)O)N1c2nc(OC[C@@]34CCCN3C[C@H](F)C4)nc3c(F)c(-c4ccc(F)c5sc(N)c(C#N)c45)c(C(F)(F)F)c(c23)OCC1C1CC1. The summed E-state index contributed by atoms with van der Waals surface area (Å²) in [5, 5.41) is 11.4. The monoisotopic (exact) mass is 934 g/mol. The molecule has 5 N–H and O–H groups in total. The average molecular weight is 935 g/mol. The van der Waals surface area contributed by atoms with Crippen molar-refractivity contribution in [2.45, 2.75) is 69.0 Å². The van der Waals surface area contributed by atoms with Crippen molar-refractivity contribution in [1.29, 1.82) is 5.26 Å². The van der Waals surface area contributed by atoms with E-state index in [-0.39, 0.29) is 63.3 Å². The zero-order valence-corrected chi connectivity index (χ0v) is 35.2. The van der Waals surface area contributed by atoms with Crippen LogP contribution in [0, 0.1) is 28.9 Å². The number of nitrogens with one attached hydrogen (secondary N) is 1. The number of carbonyl (C=O) groups is 1. The Balaban J connectivity index is 1.27. The molecule has 3 aliphatic heterocycles. The van der Waals surface area contributed by atoms with Gasteiger partial charge in [0.2, 0.25) is 6.79 Å². The quantitative estimate of drug-likeness (QED) is 0.0561. The number of nitrogen functional groups attached to an aromatic ring is 1. The van der Waals surface area contributed by atoms with Gasteiger partial charge in [-0.25, -0.2) is 32.0 Å². The summed E-state index contributed by atoms with van der Waals surface area (Å²) >= 11 is 0.623. The van der Waals surface area contributed by atoms with E-state index in [1.807, 2.05) is 11.0 Å². The Labute approximate surface area is 363 Å². The standard InChI is InChI=1S/C40H37F6N8O8PS/c1-18(21-4-2-10-49-35(21)51-38(55)61-17-62-63(56,57)58)54-25(19-5-6-19)15-59-32-28-31(50-37(52-36(28)54)60-16-39-9-3-11-53(39)14-20(41)12-39)30(43)27(29(32)40(44,45)46)22-7-8-24(42)33-26(22)23(13-47)34(48)64-33/h2,4,7-8,10,18-20,25H,3,5-6,9,11-12,14-17,48H2,1H3,(H,49,51,55)(H2,56,57,58)/t18?,20-,25?,39+/m1/s1. The predicted octanol–water partition coefficient (Wildman–Crippen LogP) is 7.97. The van der Waals surface area contributed by atoms with E-state index >= 15 is 22.0 Å². The highest BCUT2D eigenvalue weighted by molar-refractivity contribution is 7.46. The Hall–Kier alpha value is -5.50. The number of nitriles is 1. The number of carbonyl (C=O) groups excluding carboxylic acids is 1. The molecule has 0 radical (unpaired) electrons. The van der Waals surface area contributed by atoms with Crippen LogP contribution in [0.1, 0.15) is 61.8 Å². The molecule has 5 aromatic rings. The van der Waals surface area contributed by atoms with Crippen molar-refractivity contribution in [2.75, 3.05) is 49.0 Å². The number of nitrogens with zero attached hydrogens (tertiary/aromatic N) is 6. The molecule has 16 nitrogen and oxygen atoms in total. The average Bonchev–Trinajstić information content (AvgIpc) is 3.85. The summed E-state index contributed by atoms with van der Waals surface area (Å²) in [5.74, 6) is -3.80. The number of rotatable bonds is 11. The topological polar surface area (TPSA) is 219 Å². The fourth-order valence-electron chi connectivity index (χ4n) is 9.35. The maximum Gasteiger partial charge on any atom is 0.472 e. The number of nitrogens with two attached hydrogens (primary N) is 1. The van der Waals surface area contributed by atoms with Crippen molar-refractivity contribution in [2.24, 2.45) is 5.92 Å². The van der Waals surface area contributed by atoms with Crippen LogP contribution in [0.2, 0.25) is 0 Å². The van der Waals surface area contributed by atoms with Crippen molar-refractivity contribution in [3.8, 4) is 29.0 Å². The van der Waals surface area contributed by atoms with Crippen molar-refractivity contribution < 1.29 is 64.2 Å². The van der Waals surface area contributed by atoms with Crippen LogP contribution < -0.4 is 25.4 Å². The summed E-state index contributed by atoms with van der Waals surface area (Å²) in [5.41, 5.74) is 1.39. The highest BCUT2D eigenvalue weighted by Crippen LogP contribution is 2.56. The number of hydrogen-bond donors (Lipinski definition) is 4. The minimum absolute atomic E-state index is 0.124. The van der Waals surface area contributed by atoms with Crippen LogP contribution in [0.4, 0.5) is 47.8 Å². The molecule has 1 aliphatic carbocycles. The third kappa shape index (κ3) is 7.79. The molecule has 9 rings (SSSR count). The summed E-state index contributed by atoms with van der Waals surface area (Å²) in [6.07, 6.45) is -3.69. The lowest BCUT2D eigenvalue weighted by atomic mass is 9.91. The summed E-state index contributed by atoms with van der Waals surface area (Å²) in [6.45, 7) is 0.761. The number of ether oxygens (including phenoxy) is 3. The van der Waals surface area contributed by atoms with Crippen LogP contribution in [-0.4, -0.2) is 86.6 Å². The number of phosphoric acid groups is 1. The Morgan fingerprint density at radius 2 is 2.00 bits per heavy atom. The van der Waals surface area contributed by atoms with E-state index in [2.05, 4.69) is 19.8 Å². The van der Waals surface area contributed by atoms with E-state index in [4.69, 9.17) is 34.7 Å². The summed E-state index contributed by atoms with van der Waals surface area (Å²) in [7, 11) is -5.00. The van der Waals surface area contributed by atoms with Crippen LogP contribution >= 0.6 is 19.2 Å². The first kappa shape index (κ1) is 43.7. The number of thiophene rings is 1. The molecule has 2 aromatic carbocycles. The second kappa shape index (κ2) is 16.2. The molecule has 0 spiro atoms. The number of pyridine rings is 1. The number of fused-ring (bicyclic) bond motifs is 2. The lowest BCUT2D eigenvalue weighted by Crippen LogP contribution is -2.44. The molecule has 1 saturated carbocycles. The number of benzene rings is 2. The molecule has 3 fully saturated rings. The third-order valence-corrected chi connectivity index (χ3v) is 13.7. The van der Waals surface area contributed by atoms with Gasteiger partial charge in [0.1, 0.15) is 64.7 Å². The van der Waals surface area contributed by atoms with Gasteiger partial charge in [-0.1, -0.05) is 12.1 Å². The Kier molecular flexibility index (Phi) is 11.1. The minimum Gasteiger partial charge on any atom is -0.490 e. The van der Waals surface area contributed by atoms with E-state index in [0.29, 0.717) is 37.1 Å². The van der Waals surface area contributed by atoms with Gasteiger partial charge < -0.3 is 34.6 Å². The van der Waals surface area contributed by atoms with E-state index in [9.17, 15) is 19.0 Å². The Bertz CT molecular complexity index is 2800. The molecule has 6 heterocycles. The lowest BCUT2D eigenvalue weighted by Gasteiger charge is -2.37. The second-order valence-corrected chi connectivity index (χ2v) is 18.4. The van der Waals surface area contributed by atoms with Crippen LogP contribution in [0.3, 0.4) is 0 Å². The predicted molar refractivity (Wildman–Crippen MR) is 218 cm³/mol. The van der Waals surface area contributed by atoms with Crippen molar-refractivity contribution in [1.82, 2.24) is 19.9 Å². The van der Waals surface area contributed by atoms with Crippen molar-refractivity contribution >= 4 is 62.9 Å². The van der Waals surface area contributed by atoms with E-state index < -0.39 is 108 Å². The molecule has 4 atom stereocenters. The van der Waals surface area contributed by atoms with Gasteiger partial charge in [-0.15, -0.1) is 11.3 Å². The molecular formula is C40H37F6N8O8PS. The molecule has 1 amide bonds. The number of halogens is 6. The normalized spacial score (nSPS) is 21.7. The number of amides is 1. The minimum atomic E-state index is -5.35. The Morgan fingerprint density at radius 3 is 2.72 bits per heavy atom. The fourth-order valence-corrected chi connectivity index (χ4v) is 10.5. The second-order valence-electron chi connectivity index (χ2n) is 16.1. The lowest BCUT2D eigenvalue weighted by molar-refractivity contribution is -0.138. The number of anilines is 3. The molecule has 0 bridgehead atoms. The molecule has 4 aliphatic rings. The smallest absolute Gasteiger partial charge is 0.472 e. The molecule has 338 valence electrons. The Morgan fingerprint density at radius 1 is 1.22 bits per heavy atom. The maximum atomic E-state index is 17.8. The van der Waals surface area contributed by atoms with E-state index in [0.717, 1.165) is 18.6 Å². The third-order valence-electron chi connectivity index (χ3n) is 12.2. The van der Waals surface area contributed by atoms with Crippen LogP contribution in [0.5, 0.6) is 11.8 Å². The van der Waals surface area contributed by atoms with Gasteiger partial charge in [0.15, 0.2) is 5.82 Å². The van der Waals surface area contributed by atoms with Crippen LogP contribution in [0.15, 0.2) is 30.5 Å². The van der Waals surface area contributed by atoms with Gasteiger partial charge in [-0.2, -0.15) is 28.4 Å². The van der Waals surface area contributed by atoms with Crippen LogP contribution in [0.25, 0.3) is 32.1 Å². The molecule has 2 saturated heterocycles. The van der Waals surface area contributed by atoms with E-state index in [1.165, 1.54) is 12.3 Å². The van der Waals surface area contributed by atoms with Crippen molar-refractivity contribution in [3.63, 3.8) is 0 Å². The summed E-state index contributed by atoms with van der Waals surface area (Å²) in [4.78, 5) is 47.8. The number of hydrogen-bond acceptors (Lipinski definition) is 14. The van der Waals surface area contributed by atoms with E-state index in [1.54, 1.807) is 17.9 Å². The molecule has 24 heteroatoms. The summed E-state index contributed by atoms with van der Waals surface area (Å²) in [6, 6.07) is 4.52. The number of aromatic nitrogens is 3. The first-order valence-corrected chi connectivity index (χ1v) is 22.3. The van der Waals surface area contributed by atoms with Crippen molar-refractivity contribution in [3.05, 3.63) is 58.8 Å². The molecule has 2 unspecified atom stereocenters. The van der Waals surface area contributed by atoms with Gasteiger partial charge in [-0.3, -0.25) is 10.2 Å². The largest absolute Gasteiger partial charge is 0.490 e. The molecular weight excluding hydrogens is 898 g/mol. The van der Waals surface area contributed by atoms with Gasteiger partial charge >= 0.3 is 26.1 Å². The number of phosphoric ester groups is 1. The van der Waals surface area contributed by atoms with Gasteiger partial charge in [0.25, 0.3) is 0 Å². The summed E-state index contributed by atoms with van der Waals surface area (Å²) < 4.78 is 128. The highest BCUT2D eigenvalue weighted by Gasteiger charge is 2.51. The van der Waals surface area contributed by atoms with Gasteiger partial charge in [0, 0.05) is 35.7 Å². The first-order chi connectivity index (χ1) is 30.4. The number of alkyl halides is 4. The molecule has 64 heavy (non-hydrogen) atoms. The molecule has 3 aromatic heterocycles. The zero-order chi connectivity index (χ0) is 45.5. The zero-order valence-electron chi connectivity index (χ0n) is 33.5.